The minimum absolute atomic E-state index is 0.0114. The van der Waals surface area contributed by atoms with E-state index in [1.807, 2.05) is 36.4 Å². The molecule has 7 heteroatoms. The summed E-state index contributed by atoms with van der Waals surface area (Å²) in [5, 5.41) is 11.3. The van der Waals surface area contributed by atoms with Gasteiger partial charge in [-0.05, 0) is 47.1 Å². The molecule has 1 rings (SSSR count). The molecule has 27 heavy (non-hydrogen) atoms. The highest BCUT2D eigenvalue weighted by Crippen LogP contribution is 2.18. The summed E-state index contributed by atoms with van der Waals surface area (Å²) in [5.41, 5.74) is -0.663. The average Bonchev–Trinajstić information content (AvgIpc) is 2.51. The van der Waals surface area contributed by atoms with Crippen molar-refractivity contribution >= 4 is 12.2 Å². The molecule has 1 aromatic carbocycles. The minimum atomic E-state index is -0.742. The Morgan fingerprint density at radius 3 is 1.85 bits per heavy atom. The van der Waals surface area contributed by atoms with E-state index < -0.39 is 23.4 Å². The molecule has 0 saturated carbocycles. The number of nitriles is 1. The first-order valence-electron chi connectivity index (χ1n) is 8.85. The molecule has 0 unspecified atom stereocenters. The average molecular weight is 375 g/mol. The fourth-order valence-corrected chi connectivity index (χ4v) is 2.10. The number of hydrogen-bond acceptors (Lipinski definition) is 5. The Kier molecular flexibility index (Phi) is 7.65. The SMILES string of the molecule is CC(C)(C)OC(=O)N(CCC#N)N(Cc1ccccc1)C(=O)OC(C)(C)C. The van der Waals surface area contributed by atoms with Crippen LogP contribution in [0.5, 0.6) is 0 Å². The van der Waals surface area contributed by atoms with Gasteiger partial charge in [0.25, 0.3) is 0 Å². The van der Waals surface area contributed by atoms with E-state index in [1.54, 1.807) is 41.5 Å². The minimum Gasteiger partial charge on any atom is -0.442 e. The number of carbonyl (C=O) groups excluding carboxylic acids is 2. The molecular weight excluding hydrogens is 346 g/mol. The molecule has 2 amide bonds. The molecule has 0 saturated heterocycles. The second-order valence-corrected chi connectivity index (χ2v) is 8.04. The molecular formula is C20H29N3O4. The lowest BCUT2D eigenvalue weighted by atomic mass is 10.2. The number of amides is 2. The summed E-state index contributed by atoms with van der Waals surface area (Å²) < 4.78 is 10.9. The molecule has 0 heterocycles. The van der Waals surface area contributed by atoms with Crippen LogP contribution in [0.4, 0.5) is 9.59 Å². The lowest BCUT2D eigenvalue weighted by molar-refractivity contribution is -0.0656. The van der Waals surface area contributed by atoms with Gasteiger partial charge in [0, 0.05) is 0 Å². The summed E-state index contributed by atoms with van der Waals surface area (Å²) in [6.45, 7) is 10.6. The number of rotatable bonds is 4. The van der Waals surface area contributed by atoms with Crippen LogP contribution < -0.4 is 0 Å². The van der Waals surface area contributed by atoms with Gasteiger partial charge in [-0.3, -0.25) is 0 Å². The summed E-state index contributed by atoms with van der Waals surface area (Å²) in [6, 6.07) is 11.2. The van der Waals surface area contributed by atoms with Crippen molar-refractivity contribution in [3.8, 4) is 6.07 Å². The summed E-state index contributed by atoms with van der Waals surface area (Å²) in [6.07, 6.45) is -1.34. The van der Waals surface area contributed by atoms with Crippen LogP contribution in [0.1, 0.15) is 53.5 Å². The molecule has 148 valence electrons. The van der Waals surface area contributed by atoms with Crippen LogP contribution >= 0.6 is 0 Å². The molecule has 0 radical (unpaired) electrons. The predicted octanol–water partition coefficient (Wildman–Crippen LogP) is 4.49. The second-order valence-electron chi connectivity index (χ2n) is 8.04. The van der Waals surface area contributed by atoms with E-state index in [1.165, 1.54) is 5.01 Å². The lowest BCUT2D eigenvalue weighted by Crippen LogP contribution is -2.52. The maximum absolute atomic E-state index is 12.8. The molecule has 0 spiro atoms. The number of carbonyl (C=O) groups is 2. The van der Waals surface area contributed by atoms with Gasteiger partial charge in [-0.2, -0.15) is 5.26 Å². The van der Waals surface area contributed by atoms with Crippen molar-refractivity contribution in [3.05, 3.63) is 35.9 Å². The lowest BCUT2D eigenvalue weighted by Gasteiger charge is -2.36. The number of nitrogens with zero attached hydrogens (tertiary/aromatic N) is 3. The monoisotopic (exact) mass is 375 g/mol. The second kappa shape index (κ2) is 9.26. The first kappa shape index (κ1) is 22.3. The molecule has 0 aliphatic rings. The van der Waals surface area contributed by atoms with E-state index in [9.17, 15) is 9.59 Å². The summed E-state index contributed by atoms with van der Waals surface area (Å²) in [7, 11) is 0. The van der Waals surface area contributed by atoms with E-state index >= 15 is 0 Å². The van der Waals surface area contributed by atoms with Crippen molar-refractivity contribution in [2.45, 2.75) is 65.7 Å². The van der Waals surface area contributed by atoms with Gasteiger partial charge in [-0.15, -0.1) is 0 Å². The first-order chi connectivity index (χ1) is 12.4. The third-order valence-corrected chi connectivity index (χ3v) is 3.11. The van der Waals surface area contributed by atoms with Crippen LogP contribution in [0.25, 0.3) is 0 Å². The van der Waals surface area contributed by atoms with Crippen LogP contribution in [0.15, 0.2) is 30.3 Å². The highest BCUT2D eigenvalue weighted by atomic mass is 16.6. The molecule has 0 N–H and O–H groups in total. The Morgan fingerprint density at radius 1 is 0.926 bits per heavy atom. The van der Waals surface area contributed by atoms with Gasteiger partial charge >= 0.3 is 12.2 Å². The topological polar surface area (TPSA) is 82.9 Å². The van der Waals surface area contributed by atoms with Crippen molar-refractivity contribution in [1.82, 2.24) is 10.0 Å². The Morgan fingerprint density at radius 2 is 1.41 bits per heavy atom. The van der Waals surface area contributed by atoms with Crippen molar-refractivity contribution in [2.75, 3.05) is 6.54 Å². The zero-order valence-corrected chi connectivity index (χ0v) is 17.0. The van der Waals surface area contributed by atoms with E-state index in [0.29, 0.717) is 0 Å². The van der Waals surface area contributed by atoms with Crippen LogP contribution in [0.3, 0.4) is 0 Å². The largest absolute Gasteiger partial charge is 0.442 e. The highest BCUT2D eigenvalue weighted by Gasteiger charge is 2.33. The van der Waals surface area contributed by atoms with Gasteiger partial charge in [0.15, 0.2) is 0 Å². The molecule has 7 nitrogen and oxygen atoms in total. The van der Waals surface area contributed by atoms with Crippen LogP contribution in [0, 0.1) is 11.3 Å². The zero-order chi connectivity index (χ0) is 20.7. The molecule has 0 fully saturated rings. The van der Waals surface area contributed by atoms with Gasteiger partial charge in [0.05, 0.1) is 25.6 Å². The molecule has 0 aromatic heterocycles. The van der Waals surface area contributed by atoms with Crippen molar-refractivity contribution in [1.29, 1.82) is 5.26 Å². The molecule has 0 bridgehead atoms. The number of hydrazine groups is 1. The Labute approximate surface area is 161 Å². The summed E-state index contributed by atoms with van der Waals surface area (Å²) in [4.78, 5) is 25.5. The normalized spacial score (nSPS) is 11.3. The van der Waals surface area contributed by atoms with Crippen LogP contribution in [-0.2, 0) is 16.0 Å². The van der Waals surface area contributed by atoms with Crippen molar-refractivity contribution in [2.24, 2.45) is 0 Å². The zero-order valence-electron chi connectivity index (χ0n) is 17.0. The van der Waals surface area contributed by atoms with Crippen LogP contribution in [-0.4, -0.2) is 40.0 Å². The molecule has 0 atom stereocenters. The third kappa shape index (κ3) is 8.45. The van der Waals surface area contributed by atoms with Gasteiger partial charge < -0.3 is 9.47 Å². The highest BCUT2D eigenvalue weighted by molar-refractivity contribution is 5.74. The Bertz CT molecular complexity index is 669. The number of hydrogen-bond donors (Lipinski definition) is 0. The van der Waals surface area contributed by atoms with Gasteiger partial charge in [0.1, 0.15) is 11.2 Å². The standard InChI is InChI=1S/C20H29N3O4/c1-19(2,3)26-17(24)22(14-10-13-21)23(18(25)27-20(4,5)6)15-16-11-8-7-9-12-16/h7-9,11-12H,10,14-15H2,1-6H3. The molecule has 0 aliphatic carbocycles. The fourth-order valence-electron chi connectivity index (χ4n) is 2.10. The summed E-state index contributed by atoms with van der Waals surface area (Å²) >= 11 is 0. The smallest absolute Gasteiger partial charge is 0.429 e. The van der Waals surface area contributed by atoms with E-state index in [-0.39, 0.29) is 19.5 Å². The van der Waals surface area contributed by atoms with E-state index in [0.717, 1.165) is 10.6 Å². The number of ether oxygens (including phenoxy) is 2. The maximum atomic E-state index is 12.8. The van der Waals surface area contributed by atoms with E-state index in [2.05, 4.69) is 0 Å². The van der Waals surface area contributed by atoms with Gasteiger partial charge in [0.2, 0.25) is 0 Å². The molecule has 1 aromatic rings. The number of benzene rings is 1. The summed E-state index contributed by atoms with van der Waals surface area (Å²) in [5.74, 6) is 0. The third-order valence-electron chi connectivity index (χ3n) is 3.11. The Balaban J connectivity index is 3.20. The maximum Gasteiger partial charge on any atom is 0.429 e. The van der Waals surface area contributed by atoms with Crippen molar-refractivity contribution in [3.63, 3.8) is 0 Å². The van der Waals surface area contributed by atoms with Crippen molar-refractivity contribution < 1.29 is 19.1 Å². The first-order valence-corrected chi connectivity index (χ1v) is 8.85. The Hall–Kier alpha value is -2.75. The molecule has 0 aliphatic heterocycles. The van der Waals surface area contributed by atoms with Crippen LogP contribution in [0.2, 0.25) is 0 Å². The quantitative estimate of drug-likeness (QED) is 0.724. The van der Waals surface area contributed by atoms with Gasteiger partial charge in [-0.25, -0.2) is 19.6 Å². The van der Waals surface area contributed by atoms with E-state index in [4.69, 9.17) is 14.7 Å². The fraction of sp³-hybridized carbons (Fsp3) is 0.550. The van der Waals surface area contributed by atoms with Gasteiger partial charge in [-0.1, -0.05) is 30.3 Å². The predicted molar refractivity (Wildman–Crippen MR) is 101 cm³/mol.